The van der Waals surface area contributed by atoms with E-state index in [2.05, 4.69) is 0 Å². The number of benzene rings is 2. The number of carbonyl (C=O) groups is 2. The summed E-state index contributed by atoms with van der Waals surface area (Å²) in [7, 11) is 4.89. The molecule has 2 aromatic carbocycles. The lowest BCUT2D eigenvalue weighted by Crippen LogP contribution is -2.63. The van der Waals surface area contributed by atoms with Gasteiger partial charge in [0.15, 0.2) is 12.2 Å². The van der Waals surface area contributed by atoms with Gasteiger partial charge in [-0.25, -0.2) is 9.79 Å². The fourth-order valence-electron chi connectivity index (χ4n) is 4.64. The smallest absolute Gasteiger partial charge is 0.328 e. The van der Waals surface area contributed by atoms with Crippen molar-refractivity contribution in [2.75, 3.05) is 26.2 Å². The van der Waals surface area contributed by atoms with Gasteiger partial charge in [-0.05, 0) is 31.5 Å². The summed E-state index contributed by atoms with van der Waals surface area (Å²) < 4.78 is 10.9. The Labute approximate surface area is 198 Å². The minimum atomic E-state index is -0.632. The molecule has 0 saturated carbocycles. The summed E-state index contributed by atoms with van der Waals surface area (Å²) in [5, 5.41) is 0. The number of urea groups is 1. The number of ether oxygens (including phenoxy) is 2. The molecule has 3 heterocycles. The van der Waals surface area contributed by atoms with Gasteiger partial charge < -0.3 is 19.3 Å². The predicted molar refractivity (Wildman–Crippen MR) is 128 cm³/mol. The average molecular weight is 462 g/mol. The number of likely N-dealkylation sites (N-methyl/N-ethyl adjacent to an activating group) is 1. The van der Waals surface area contributed by atoms with Gasteiger partial charge in [-0.3, -0.25) is 14.6 Å². The second-order valence-corrected chi connectivity index (χ2v) is 8.64. The van der Waals surface area contributed by atoms with Gasteiger partial charge in [0.1, 0.15) is 11.5 Å². The van der Waals surface area contributed by atoms with E-state index in [9.17, 15) is 9.59 Å². The van der Waals surface area contributed by atoms with Crippen molar-refractivity contribution in [3.05, 3.63) is 65.5 Å². The number of aryl methyl sites for hydroxylation is 1. The van der Waals surface area contributed by atoms with Gasteiger partial charge in [-0.2, -0.15) is 0 Å². The molecule has 1 saturated heterocycles. The first-order valence-corrected chi connectivity index (χ1v) is 11.0. The highest BCUT2D eigenvalue weighted by Crippen LogP contribution is 2.41. The Bertz CT molecular complexity index is 1220. The number of rotatable bonds is 5. The number of hydrogen-bond acceptors (Lipinski definition) is 7. The maximum absolute atomic E-state index is 13.6. The SMILES string of the molecule is COc1ccc(N2C(C)=CN3C2=NC2C3C(=O)N(Cc3ccc(C)cc3)C(=O)N2C)c(OC)c1. The minimum absolute atomic E-state index is 0.216. The molecule has 0 aliphatic carbocycles. The Balaban J connectivity index is 1.48. The fourth-order valence-corrected chi connectivity index (χ4v) is 4.64. The number of anilines is 1. The maximum atomic E-state index is 13.6. The van der Waals surface area contributed by atoms with Crippen molar-refractivity contribution in [2.45, 2.75) is 32.6 Å². The molecule has 2 unspecified atom stereocenters. The lowest BCUT2D eigenvalue weighted by atomic mass is 10.1. The Hall–Kier alpha value is -4.01. The number of aliphatic imine (C=N–C) groups is 1. The zero-order valence-electron chi connectivity index (χ0n) is 19.8. The summed E-state index contributed by atoms with van der Waals surface area (Å²) in [6.07, 6.45) is 1.29. The fraction of sp³-hybridized carbons (Fsp3) is 0.320. The monoisotopic (exact) mass is 461 g/mol. The normalized spacial score (nSPS) is 21.4. The van der Waals surface area contributed by atoms with Crippen LogP contribution in [0.25, 0.3) is 0 Å². The first-order chi connectivity index (χ1) is 16.3. The van der Waals surface area contributed by atoms with Gasteiger partial charge in [0.05, 0.1) is 26.5 Å². The lowest BCUT2D eigenvalue weighted by molar-refractivity contribution is -0.137. The maximum Gasteiger partial charge on any atom is 0.328 e. The summed E-state index contributed by atoms with van der Waals surface area (Å²) in [6.45, 7) is 4.17. The van der Waals surface area contributed by atoms with Crippen LogP contribution in [0, 0.1) is 6.92 Å². The van der Waals surface area contributed by atoms with E-state index in [1.165, 1.54) is 9.80 Å². The molecule has 9 nitrogen and oxygen atoms in total. The van der Waals surface area contributed by atoms with Crippen molar-refractivity contribution >= 4 is 23.6 Å². The number of imide groups is 1. The summed E-state index contributed by atoms with van der Waals surface area (Å²) in [4.78, 5) is 38.2. The number of carbonyl (C=O) groups excluding carboxylic acids is 2. The molecule has 176 valence electrons. The molecule has 3 aliphatic heterocycles. The lowest BCUT2D eigenvalue weighted by Gasteiger charge is -2.40. The van der Waals surface area contributed by atoms with Crippen LogP contribution >= 0.6 is 0 Å². The van der Waals surface area contributed by atoms with Gasteiger partial charge in [0, 0.05) is 25.0 Å². The average Bonchev–Trinajstić information content (AvgIpc) is 3.35. The van der Waals surface area contributed by atoms with E-state index in [0.717, 1.165) is 22.5 Å². The minimum Gasteiger partial charge on any atom is -0.497 e. The highest BCUT2D eigenvalue weighted by molar-refractivity contribution is 6.10. The third-order valence-corrected chi connectivity index (χ3v) is 6.48. The molecule has 0 bridgehead atoms. The highest BCUT2D eigenvalue weighted by atomic mass is 16.5. The van der Waals surface area contributed by atoms with Crippen molar-refractivity contribution in [2.24, 2.45) is 4.99 Å². The number of allylic oxidation sites excluding steroid dienone is 1. The van der Waals surface area contributed by atoms with Crippen LogP contribution in [0.1, 0.15) is 18.1 Å². The zero-order valence-corrected chi connectivity index (χ0v) is 19.8. The number of hydrogen-bond donors (Lipinski definition) is 0. The summed E-state index contributed by atoms with van der Waals surface area (Å²) in [5.74, 6) is 1.61. The molecule has 0 aromatic heterocycles. The van der Waals surface area contributed by atoms with E-state index in [-0.39, 0.29) is 18.5 Å². The Morgan fingerprint density at radius 1 is 1.00 bits per heavy atom. The van der Waals surface area contributed by atoms with Crippen LogP contribution in [0.3, 0.4) is 0 Å². The van der Waals surface area contributed by atoms with E-state index < -0.39 is 12.2 Å². The van der Waals surface area contributed by atoms with Crippen LogP contribution in [0.15, 0.2) is 59.4 Å². The van der Waals surface area contributed by atoms with Crippen LogP contribution in [0.5, 0.6) is 11.5 Å². The van der Waals surface area contributed by atoms with Crippen LogP contribution in [0.2, 0.25) is 0 Å². The molecule has 1 fully saturated rings. The third kappa shape index (κ3) is 3.27. The van der Waals surface area contributed by atoms with Crippen LogP contribution in [0.4, 0.5) is 10.5 Å². The molecule has 3 amide bonds. The van der Waals surface area contributed by atoms with E-state index in [0.29, 0.717) is 17.5 Å². The molecule has 2 atom stereocenters. The summed E-state index contributed by atoms with van der Waals surface area (Å²) in [6, 6.07) is 12.4. The van der Waals surface area contributed by atoms with Crippen LogP contribution in [-0.4, -0.2) is 66.1 Å². The quantitative estimate of drug-likeness (QED) is 0.681. The number of nitrogens with zero attached hydrogens (tertiary/aromatic N) is 5. The number of amides is 3. The van der Waals surface area contributed by atoms with E-state index in [1.807, 2.05) is 66.2 Å². The first-order valence-electron chi connectivity index (χ1n) is 11.0. The number of guanidine groups is 1. The van der Waals surface area contributed by atoms with Crippen molar-refractivity contribution in [3.8, 4) is 11.5 Å². The van der Waals surface area contributed by atoms with Crippen molar-refractivity contribution < 1.29 is 19.1 Å². The Kier molecular flexibility index (Phi) is 5.19. The molecular formula is C25H27N5O4. The molecule has 0 N–H and O–H groups in total. The summed E-state index contributed by atoms with van der Waals surface area (Å²) in [5.41, 5.74) is 3.68. The topological polar surface area (TPSA) is 77.9 Å². The molecule has 0 radical (unpaired) electrons. The van der Waals surface area contributed by atoms with Gasteiger partial charge in [-0.1, -0.05) is 29.8 Å². The van der Waals surface area contributed by atoms with Crippen molar-refractivity contribution in [1.29, 1.82) is 0 Å². The molecule has 34 heavy (non-hydrogen) atoms. The second kappa shape index (κ2) is 8.09. The van der Waals surface area contributed by atoms with Gasteiger partial charge in [0.2, 0.25) is 5.96 Å². The van der Waals surface area contributed by atoms with E-state index >= 15 is 0 Å². The Morgan fingerprint density at radius 3 is 2.41 bits per heavy atom. The molecule has 3 aliphatic rings. The van der Waals surface area contributed by atoms with Crippen LogP contribution in [-0.2, 0) is 11.3 Å². The van der Waals surface area contributed by atoms with Crippen molar-refractivity contribution in [1.82, 2.24) is 14.7 Å². The second-order valence-electron chi connectivity index (χ2n) is 8.64. The molecule has 9 heteroatoms. The van der Waals surface area contributed by atoms with E-state index in [4.69, 9.17) is 14.5 Å². The predicted octanol–water partition coefficient (Wildman–Crippen LogP) is 3.15. The zero-order chi connectivity index (χ0) is 24.1. The summed E-state index contributed by atoms with van der Waals surface area (Å²) >= 11 is 0. The molecule has 2 aromatic rings. The first kappa shape index (κ1) is 21.8. The molecule has 5 rings (SSSR count). The number of methoxy groups -OCH3 is 2. The number of fused-ring (bicyclic) bond motifs is 3. The standard InChI is InChI=1S/C25H27N5O4/c1-15-6-8-17(9-7-15)14-29-23(31)21-22(27(3)25(29)32)26-24-28(21)13-16(2)30(24)19-11-10-18(33-4)12-20(19)34-5/h6-13,21-22H,14H2,1-5H3. The van der Waals surface area contributed by atoms with Gasteiger partial charge in [-0.15, -0.1) is 0 Å². The van der Waals surface area contributed by atoms with Gasteiger partial charge in [0.25, 0.3) is 5.91 Å². The molecule has 0 spiro atoms. The third-order valence-electron chi connectivity index (χ3n) is 6.48. The Morgan fingerprint density at radius 2 is 1.74 bits per heavy atom. The van der Waals surface area contributed by atoms with Gasteiger partial charge >= 0.3 is 6.03 Å². The van der Waals surface area contributed by atoms with Crippen LogP contribution < -0.4 is 14.4 Å². The van der Waals surface area contributed by atoms with E-state index in [1.54, 1.807) is 27.3 Å². The highest BCUT2D eigenvalue weighted by Gasteiger charge is 2.54. The largest absolute Gasteiger partial charge is 0.497 e. The van der Waals surface area contributed by atoms with Crippen molar-refractivity contribution in [3.63, 3.8) is 0 Å². The molecular weight excluding hydrogens is 434 g/mol.